The third kappa shape index (κ3) is 3.85. The lowest BCUT2D eigenvalue weighted by molar-refractivity contribution is 0.0977. The highest BCUT2D eigenvalue weighted by molar-refractivity contribution is 9.10. The molecule has 0 bridgehead atoms. The molecule has 0 aliphatic carbocycles. The number of carbonyl (C=O) groups is 1. The van der Waals surface area contributed by atoms with Gasteiger partial charge in [0.15, 0.2) is 5.11 Å². The molecule has 20 heavy (non-hydrogen) atoms. The molecular weight excluding hydrogens is 338 g/mol. The molecule has 2 rings (SSSR count). The minimum atomic E-state index is -0.293. The molecule has 0 fully saturated rings. The highest BCUT2D eigenvalue weighted by Crippen LogP contribution is 2.23. The number of anilines is 1. The van der Waals surface area contributed by atoms with Gasteiger partial charge >= 0.3 is 0 Å². The van der Waals surface area contributed by atoms with Gasteiger partial charge in [0, 0.05) is 16.9 Å². The summed E-state index contributed by atoms with van der Waals surface area (Å²) in [6.45, 7) is 2.00. The van der Waals surface area contributed by atoms with Gasteiger partial charge in [-0.2, -0.15) is 0 Å². The molecule has 1 aromatic carbocycles. The first-order valence-electron chi connectivity index (χ1n) is 5.85. The van der Waals surface area contributed by atoms with Crippen LogP contribution >= 0.6 is 28.1 Å². The van der Waals surface area contributed by atoms with Crippen molar-refractivity contribution < 1.29 is 4.79 Å². The molecule has 2 N–H and O–H groups in total. The molecule has 1 heterocycles. The Balaban J connectivity index is 2.01. The van der Waals surface area contributed by atoms with E-state index in [1.165, 1.54) is 6.20 Å². The Bertz CT molecular complexity index is 646. The molecule has 0 atom stereocenters. The molecule has 4 nitrogen and oxygen atoms in total. The number of thiocarbonyl (C=S) groups is 1. The van der Waals surface area contributed by atoms with Crippen LogP contribution in [0.25, 0.3) is 0 Å². The summed E-state index contributed by atoms with van der Waals surface area (Å²) in [5.41, 5.74) is 2.39. The van der Waals surface area contributed by atoms with E-state index in [0.717, 1.165) is 15.7 Å². The number of aryl methyl sites for hydroxylation is 1. The smallest absolute Gasteiger partial charge is 0.258 e. The standard InChI is InChI=1S/C14H12BrN3OS/c1-9-4-5-12(11(15)7-9)17-14(20)18-13(19)10-3-2-6-16-8-10/h2-8H,1H3,(H2,17,18,19,20). The van der Waals surface area contributed by atoms with Crippen molar-refractivity contribution in [1.82, 2.24) is 10.3 Å². The number of amides is 1. The predicted molar refractivity (Wildman–Crippen MR) is 86.8 cm³/mol. The summed E-state index contributed by atoms with van der Waals surface area (Å²) in [6.07, 6.45) is 3.09. The van der Waals surface area contributed by atoms with E-state index >= 15 is 0 Å². The van der Waals surface area contributed by atoms with Crippen LogP contribution in [-0.2, 0) is 0 Å². The Morgan fingerprint density at radius 3 is 2.80 bits per heavy atom. The van der Waals surface area contributed by atoms with Crippen LogP contribution in [0.15, 0.2) is 47.2 Å². The van der Waals surface area contributed by atoms with Crippen LogP contribution in [0, 0.1) is 6.92 Å². The van der Waals surface area contributed by atoms with Crippen molar-refractivity contribution in [3.63, 3.8) is 0 Å². The van der Waals surface area contributed by atoms with Crippen LogP contribution in [0.3, 0.4) is 0 Å². The van der Waals surface area contributed by atoms with Gasteiger partial charge in [0.1, 0.15) is 0 Å². The number of hydrogen-bond acceptors (Lipinski definition) is 3. The molecule has 0 saturated carbocycles. The van der Waals surface area contributed by atoms with Crippen molar-refractivity contribution in [1.29, 1.82) is 0 Å². The van der Waals surface area contributed by atoms with Gasteiger partial charge in [-0.25, -0.2) is 0 Å². The zero-order valence-electron chi connectivity index (χ0n) is 10.7. The maximum atomic E-state index is 11.9. The molecule has 0 radical (unpaired) electrons. The first-order valence-corrected chi connectivity index (χ1v) is 7.05. The Morgan fingerprint density at radius 2 is 2.15 bits per heavy atom. The van der Waals surface area contributed by atoms with E-state index in [9.17, 15) is 4.79 Å². The Hall–Kier alpha value is -1.79. The maximum absolute atomic E-state index is 11.9. The molecule has 0 aliphatic rings. The quantitative estimate of drug-likeness (QED) is 0.817. The van der Waals surface area contributed by atoms with E-state index in [2.05, 4.69) is 31.5 Å². The monoisotopic (exact) mass is 349 g/mol. The van der Waals surface area contributed by atoms with E-state index in [-0.39, 0.29) is 11.0 Å². The topological polar surface area (TPSA) is 54.0 Å². The summed E-state index contributed by atoms with van der Waals surface area (Å²) in [6, 6.07) is 9.18. The van der Waals surface area contributed by atoms with Crippen LogP contribution < -0.4 is 10.6 Å². The van der Waals surface area contributed by atoms with Crippen molar-refractivity contribution >= 4 is 44.9 Å². The fourth-order valence-corrected chi connectivity index (χ4v) is 2.34. The van der Waals surface area contributed by atoms with Crippen molar-refractivity contribution in [3.05, 3.63) is 58.3 Å². The SMILES string of the molecule is Cc1ccc(NC(=S)NC(=O)c2cccnc2)c(Br)c1. The number of aromatic nitrogens is 1. The lowest BCUT2D eigenvalue weighted by atomic mass is 10.2. The van der Waals surface area contributed by atoms with Gasteiger partial charge in [0.05, 0.1) is 11.3 Å². The molecule has 6 heteroatoms. The van der Waals surface area contributed by atoms with E-state index in [1.807, 2.05) is 25.1 Å². The normalized spacial score (nSPS) is 9.90. The molecule has 0 unspecified atom stereocenters. The van der Waals surface area contributed by atoms with Gasteiger partial charge in [0.2, 0.25) is 0 Å². The van der Waals surface area contributed by atoms with Crippen molar-refractivity contribution in [3.8, 4) is 0 Å². The first kappa shape index (κ1) is 14.6. The average molecular weight is 350 g/mol. The number of nitrogens with one attached hydrogen (secondary N) is 2. The second kappa shape index (κ2) is 6.58. The third-order valence-electron chi connectivity index (χ3n) is 2.52. The highest BCUT2D eigenvalue weighted by Gasteiger charge is 2.08. The number of pyridine rings is 1. The van der Waals surface area contributed by atoms with E-state index < -0.39 is 0 Å². The summed E-state index contributed by atoms with van der Waals surface area (Å²) in [5.74, 6) is -0.293. The molecule has 2 aromatic rings. The Labute approximate surface area is 130 Å². The number of benzene rings is 1. The first-order chi connectivity index (χ1) is 9.56. The fraction of sp³-hybridized carbons (Fsp3) is 0.0714. The second-order valence-corrected chi connectivity index (χ2v) is 5.40. The zero-order chi connectivity index (χ0) is 14.5. The lowest BCUT2D eigenvalue weighted by Gasteiger charge is -2.11. The van der Waals surface area contributed by atoms with Crippen LogP contribution in [0.5, 0.6) is 0 Å². The van der Waals surface area contributed by atoms with Gasteiger partial charge in [-0.1, -0.05) is 6.07 Å². The summed E-state index contributed by atoms with van der Waals surface area (Å²) in [5, 5.41) is 5.82. The summed E-state index contributed by atoms with van der Waals surface area (Å²) < 4.78 is 0.885. The maximum Gasteiger partial charge on any atom is 0.258 e. The van der Waals surface area contributed by atoms with Crippen LogP contribution in [-0.4, -0.2) is 16.0 Å². The largest absolute Gasteiger partial charge is 0.331 e. The summed E-state index contributed by atoms with van der Waals surface area (Å²) >= 11 is 8.56. The molecular formula is C14H12BrN3OS. The third-order valence-corrected chi connectivity index (χ3v) is 3.38. The predicted octanol–water partition coefficient (Wildman–Crippen LogP) is 3.28. The molecule has 102 valence electrons. The molecule has 1 amide bonds. The van der Waals surface area contributed by atoms with Gasteiger partial charge in [-0.3, -0.25) is 15.1 Å². The van der Waals surface area contributed by atoms with Gasteiger partial charge in [-0.05, 0) is 64.9 Å². The molecule has 1 aromatic heterocycles. The average Bonchev–Trinajstić information content (AvgIpc) is 2.43. The van der Waals surface area contributed by atoms with Crippen molar-refractivity contribution in [2.45, 2.75) is 6.92 Å². The van der Waals surface area contributed by atoms with Crippen LogP contribution in [0.2, 0.25) is 0 Å². The summed E-state index contributed by atoms with van der Waals surface area (Å²) in [7, 11) is 0. The number of carbonyl (C=O) groups excluding carboxylic acids is 1. The van der Waals surface area contributed by atoms with E-state index in [1.54, 1.807) is 18.3 Å². The Kier molecular flexibility index (Phi) is 4.81. The van der Waals surface area contributed by atoms with E-state index in [4.69, 9.17) is 12.2 Å². The Morgan fingerprint density at radius 1 is 1.35 bits per heavy atom. The van der Waals surface area contributed by atoms with Gasteiger partial charge in [0.25, 0.3) is 5.91 Å². The minimum Gasteiger partial charge on any atom is -0.331 e. The van der Waals surface area contributed by atoms with Gasteiger partial charge < -0.3 is 5.32 Å². The number of nitrogens with zero attached hydrogens (tertiary/aromatic N) is 1. The van der Waals surface area contributed by atoms with Gasteiger partial charge in [-0.15, -0.1) is 0 Å². The van der Waals surface area contributed by atoms with Crippen molar-refractivity contribution in [2.75, 3.05) is 5.32 Å². The van der Waals surface area contributed by atoms with Crippen LogP contribution in [0.1, 0.15) is 15.9 Å². The lowest BCUT2D eigenvalue weighted by Crippen LogP contribution is -2.34. The molecule has 0 saturated heterocycles. The number of rotatable bonds is 2. The number of hydrogen-bond donors (Lipinski definition) is 2. The fourth-order valence-electron chi connectivity index (χ4n) is 1.55. The van der Waals surface area contributed by atoms with Crippen molar-refractivity contribution in [2.24, 2.45) is 0 Å². The highest BCUT2D eigenvalue weighted by atomic mass is 79.9. The van der Waals surface area contributed by atoms with Crippen LogP contribution in [0.4, 0.5) is 5.69 Å². The zero-order valence-corrected chi connectivity index (χ0v) is 13.1. The second-order valence-electron chi connectivity index (χ2n) is 4.13. The number of halogens is 1. The molecule has 0 spiro atoms. The summed E-state index contributed by atoms with van der Waals surface area (Å²) in [4.78, 5) is 15.8. The minimum absolute atomic E-state index is 0.239. The molecule has 0 aliphatic heterocycles. The van der Waals surface area contributed by atoms with E-state index in [0.29, 0.717) is 5.56 Å².